The molecule has 0 amide bonds. The standard InChI is InChI=1S/C16H23FN2O2/c1-3-21-16(20)12-9-15(13(17)10-14(12)18)19-8-6-4-5-7-11(19)2/h9-11H,3-8,18H2,1-2H3. The van der Waals surface area contributed by atoms with Gasteiger partial charge in [0.25, 0.3) is 0 Å². The average Bonchev–Trinajstić information content (AvgIpc) is 2.64. The second-order valence-corrected chi connectivity index (χ2v) is 5.50. The van der Waals surface area contributed by atoms with Gasteiger partial charge in [-0.2, -0.15) is 0 Å². The fourth-order valence-electron chi connectivity index (χ4n) is 2.82. The number of nitrogen functional groups attached to an aromatic ring is 1. The van der Waals surface area contributed by atoms with E-state index in [1.807, 2.05) is 4.90 Å². The van der Waals surface area contributed by atoms with Crippen molar-refractivity contribution in [2.24, 2.45) is 0 Å². The summed E-state index contributed by atoms with van der Waals surface area (Å²) in [4.78, 5) is 14.0. The van der Waals surface area contributed by atoms with Crippen LogP contribution in [0, 0.1) is 5.82 Å². The lowest BCUT2D eigenvalue weighted by Gasteiger charge is -2.30. The topological polar surface area (TPSA) is 55.6 Å². The number of anilines is 2. The first-order valence-corrected chi connectivity index (χ1v) is 7.57. The number of ether oxygens (including phenoxy) is 1. The third kappa shape index (κ3) is 3.46. The highest BCUT2D eigenvalue weighted by molar-refractivity contribution is 5.96. The Morgan fingerprint density at radius 1 is 1.43 bits per heavy atom. The highest BCUT2D eigenvalue weighted by Gasteiger charge is 2.23. The Hall–Kier alpha value is -1.78. The Labute approximate surface area is 125 Å². The first-order chi connectivity index (χ1) is 10.0. The minimum atomic E-state index is -0.501. The monoisotopic (exact) mass is 294 g/mol. The van der Waals surface area contributed by atoms with E-state index in [9.17, 15) is 9.18 Å². The molecule has 1 atom stereocenters. The van der Waals surface area contributed by atoms with E-state index in [-0.39, 0.29) is 29.7 Å². The number of benzene rings is 1. The van der Waals surface area contributed by atoms with E-state index in [1.165, 1.54) is 12.1 Å². The fraction of sp³-hybridized carbons (Fsp3) is 0.562. The Morgan fingerprint density at radius 3 is 2.90 bits per heavy atom. The van der Waals surface area contributed by atoms with Crippen LogP contribution in [0.25, 0.3) is 0 Å². The van der Waals surface area contributed by atoms with Crippen molar-refractivity contribution in [2.75, 3.05) is 23.8 Å². The largest absolute Gasteiger partial charge is 0.462 e. The maximum Gasteiger partial charge on any atom is 0.340 e. The molecule has 0 bridgehead atoms. The van der Waals surface area contributed by atoms with Crippen molar-refractivity contribution in [1.82, 2.24) is 0 Å². The van der Waals surface area contributed by atoms with Crippen LogP contribution < -0.4 is 10.6 Å². The normalized spacial score (nSPS) is 19.2. The number of rotatable bonds is 3. The summed E-state index contributed by atoms with van der Waals surface area (Å²) in [5.74, 6) is -0.881. The molecule has 1 aliphatic rings. The molecule has 2 rings (SSSR count). The van der Waals surface area contributed by atoms with Gasteiger partial charge in [0.2, 0.25) is 0 Å². The minimum Gasteiger partial charge on any atom is -0.462 e. The van der Waals surface area contributed by atoms with Crippen LogP contribution in [0.2, 0.25) is 0 Å². The van der Waals surface area contributed by atoms with Gasteiger partial charge in [-0.1, -0.05) is 12.8 Å². The smallest absolute Gasteiger partial charge is 0.340 e. The molecule has 0 radical (unpaired) electrons. The zero-order valence-electron chi connectivity index (χ0n) is 12.7. The summed E-state index contributed by atoms with van der Waals surface area (Å²) in [6.07, 6.45) is 4.36. The Balaban J connectivity index is 2.38. The zero-order valence-corrected chi connectivity index (χ0v) is 12.7. The first-order valence-electron chi connectivity index (χ1n) is 7.57. The van der Waals surface area contributed by atoms with Gasteiger partial charge in [-0.3, -0.25) is 0 Å². The predicted octanol–water partition coefficient (Wildman–Crippen LogP) is 3.35. The van der Waals surface area contributed by atoms with Crippen molar-refractivity contribution in [1.29, 1.82) is 0 Å². The van der Waals surface area contributed by atoms with Gasteiger partial charge in [-0.25, -0.2) is 9.18 Å². The molecule has 2 N–H and O–H groups in total. The van der Waals surface area contributed by atoms with E-state index in [4.69, 9.17) is 10.5 Å². The molecule has 1 heterocycles. The van der Waals surface area contributed by atoms with Crippen LogP contribution in [0.5, 0.6) is 0 Å². The summed E-state index contributed by atoms with van der Waals surface area (Å²) in [6.45, 7) is 4.88. The van der Waals surface area contributed by atoms with Crippen LogP contribution in [0.4, 0.5) is 15.8 Å². The van der Waals surface area contributed by atoms with Crippen LogP contribution >= 0.6 is 0 Å². The lowest BCUT2D eigenvalue weighted by atomic mass is 10.1. The number of carbonyl (C=O) groups is 1. The van der Waals surface area contributed by atoms with Crippen molar-refractivity contribution in [3.05, 3.63) is 23.5 Å². The number of nitrogens with zero attached hydrogens (tertiary/aromatic N) is 1. The Bertz CT molecular complexity index is 519. The molecule has 0 aromatic heterocycles. The number of nitrogens with two attached hydrogens (primary N) is 1. The van der Waals surface area contributed by atoms with Crippen LogP contribution in [0.3, 0.4) is 0 Å². The lowest BCUT2D eigenvalue weighted by Crippen LogP contribution is -2.33. The second-order valence-electron chi connectivity index (χ2n) is 5.50. The summed E-state index contributed by atoms with van der Waals surface area (Å²) in [5.41, 5.74) is 6.57. The highest BCUT2D eigenvalue weighted by Crippen LogP contribution is 2.30. The zero-order chi connectivity index (χ0) is 15.4. The van der Waals surface area contributed by atoms with Crippen molar-refractivity contribution < 1.29 is 13.9 Å². The summed E-state index contributed by atoms with van der Waals surface area (Å²) in [5, 5.41) is 0. The average molecular weight is 294 g/mol. The van der Waals surface area contributed by atoms with Gasteiger partial charge < -0.3 is 15.4 Å². The number of hydrogen-bond donors (Lipinski definition) is 1. The molecular weight excluding hydrogens is 271 g/mol. The molecule has 116 valence electrons. The van der Waals surface area contributed by atoms with Gasteiger partial charge in [0.15, 0.2) is 0 Å². The molecule has 4 nitrogen and oxygen atoms in total. The maximum absolute atomic E-state index is 14.3. The van der Waals surface area contributed by atoms with Gasteiger partial charge in [-0.15, -0.1) is 0 Å². The molecule has 1 aromatic rings. The number of hydrogen-bond acceptors (Lipinski definition) is 4. The lowest BCUT2D eigenvalue weighted by molar-refractivity contribution is 0.0527. The van der Waals surface area contributed by atoms with Gasteiger partial charge in [0.1, 0.15) is 5.82 Å². The number of esters is 1. The van der Waals surface area contributed by atoms with Crippen LogP contribution in [0.15, 0.2) is 12.1 Å². The van der Waals surface area contributed by atoms with Crippen LogP contribution in [-0.2, 0) is 4.74 Å². The molecule has 0 saturated carbocycles. The molecule has 21 heavy (non-hydrogen) atoms. The minimum absolute atomic E-state index is 0.122. The maximum atomic E-state index is 14.3. The van der Waals surface area contributed by atoms with E-state index in [1.54, 1.807) is 6.92 Å². The Morgan fingerprint density at radius 2 is 2.19 bits per heavy atom. The summed E-state index contributed by atoms with van der Waals surface area (Å²) < 4.78 is 19.3. The Kier molecular flexibility index (Phi) is 5.04. The van der Waals surface area contributed by atoms with E-state index >= 15 is 0 Å². The van der Waals surface area contributed by atoms with Gasteiger partial charge in [-0.05, 0) is 38.8 Å². The molecule has 1 saturated heterocycles. The highest BCUT2D eigenvalue weighted by atomic mass is 19.1. The van der Waals surface area contributed by atoms with Crippen LogP contribution in [-0.4, -0.2) is 25.2 Å². The SMILES string of the molecule is CCOC(=O)c1cc(N2CCCCCC2C)c(F)cc1N. The van der Waals surface area contributed by atoms with E-state index in [2.05, 4.69) is 6.92 Å². The van der Waals surface area contributed by atoms with E-state index in [0.717, 1.165) is 32.2 Å². The summed E-state index contributed by atoms with van der Waals surface area (Å²) in [6, 6.07) is 3.00. The molecule has 1 aromatic carbocycles. The molecule has 1 fully saturated rings. The summed E-state index contributed by atoms with van der Waals surface area (Å²) >= 11 is 0. The van der Waals surface area contributed by atoms with Gasteiger partial charge in [0, 0.05) is 18.3 Å². The van der Waals surface area contributed by atoms with Crippen molar-refractivity contribution in [3.63, 3.8) is 0 Å². The second kappa shape index (κ2) is 6.78. The molecule has 1 aliphatic heterocycles. The van der Waals surface area contributed by atoms with Gasteiger partial charge >= 0.3 is 5.97 Å². The van der Waals surface area contributed by atoms with Crippen molar-refractivity contribution in [3.8, 4) is 0 Å². The first kappa shape index (κ1) is 15.6. The van der Waals surface area contributed by atoms with E-state index in [0.29, 0.717) is 5.69 Å². The number of halogens is 1. The quantitative estimate of drug-likeness (QED) is 0.686. The van der Waals surface area contributed by atoms with Crippen molar-refractivity contribution >= 4 is 17.3 Å². The third-order valence-corrected chi connectivity index (χ3v) is 3.98. The molecule has 5 heteroatoms. The van der Waals surface area contributed by atoms with Crippen LogP contribution in [0.1, 0.15) is 49.9 Å². The summed E-state index contributed by atoms with van der Waals surface area (Å²) in [7, 11) is 0. The predicted molar refractivity (Wildman–Crippen MR) is 82.0 cm³/mol. The fourth-order valence-corrected chi connectivity index (χ4v) is 2.82. The van der Waals surface area contributed by atoms with Gasteiger partial charge in [0.05, 0.1) is 17.9 Å². The molecule has 0 spiro atoms. The van der Waals surface area contributed by atoms with Crippen molar-refractivity contribution in [2.45, 2.75) is 45.6 Å². The molecule has 0 aliphatic carbocycles. The molecular formula is C16H23FN2O2. The third-order valence-electron chi connectivity index (χ3n) is 3.98. The van der Waals surface area contributed by atoms with E-state index < -0.39 is 5.97 Å². The number of carbonyl (C=O) groups excluding carboxylic acids is 1. The molecule has 1 unspecified atom stereocenters.